The minimum Gasteiger partial charge on any atom is -0.485 e. The predicted octanol–water partition coefficient (Wildman–Crippen LogP) is 4.00. The van der Waals surface area contributed by atoms with Crippen molar-refractivity contribution in [3.05, 3.63) is 64.5 Å². The molecule has 0 aromatic heterocycles. The lowest BCUT2D eigenvalue weighted by Gasteiger charge is -2.30. The van der Waals surface area contributed by atoms with Crippen molar-refractivity contribution < 1.29 is 14.2 Å². The van der Waals surface area contributed by atoms with Crippen molar-refractivity contribution in [2.75, 3.05) is 0 Å². The Morgan fingerprint density at radius 1 is 1.10 bits per heavy atom. The summed E-state index contributed by atoms with van der Waals surface area (Å²) >= 11 is 0. The molecule has 0 radical (unpaired) electrons. The first-order valence-electron chi connectivity index (χ1n) is 6.75. The van der Waals surface area contributed by atoms with Crippen molar-refractivity contribution in [1.29, 1.82) is 0 Å². The maximum Gasteiger partial charge on any atom is 0.128 e. The average Bonchev–Trinajstić information content (AvgIpc) is 2.36. The van der Waals surface area contributed by atoms with Crippen molar-refractivity contribution in [3.8, 4) is 5.75 Å². The van der Waals surface area contributed by atoms with Crippen LogP contribution in [0, 0.1) is 19.7 Å². The van der Waals surface area contributed by atoms with Gasteiger partial charge in [0, 0.05) is 18.1 Å². The van der Waals surface area contributed by atoms with Crippen molar-refractivity contribution in [1.82, 2.24) is 0 Å². The molecule has 0 amide bonds. The Kier molecular flexibility index (Phi) is 3.22. The van der Waals surface area contributed by atoms with Gasteiger partial charge in [-0.05, 0) is 31.5 Å². The zero-order valence-corrected chi connectivity index (χ0v) is 11.6. The van der Waals surface area contributed by atoms with Crippen LogP contribution in [-0.4, -0.2) is 5.11 Å². The van der Waals surface area contributed by atoms with E-state index >= 15 is 0 Å². The third kappa shape index (κ3) is 2.41. The number of hydrogen-bond donors (Lipinski definition) is 1. The third-order valence-corrected chi connectivity index (χ3v) is 3.66. The number of halogens is 1. The second-order valence-electron chi connectivity index (χ2n) is 5.46. The zero-order valence-electron chi connectivity index (χ0n) is 11.6. The second-order valence-corrected chi connectivity index (χ2v) is 5.46. The van der Waals surface area contributed by atoms with E-state index in [0.29, 0.717) is 17.7 Å². The molecule has 1 unspecified atom stereocenters. The van der Waals surface area contributed by atoms with E-state index in [1.807, 2.05) is 13.8 Å². The minimum atomic E-state index is -0.620. The minimum absolute atomic E-state index is 0.238. The van der Waals surface area contributed by atoms with Crippen molar-refractivity contribution in [3.63, 3.8) is 0 Å². The summed E-state index contributed by atoms with van der Waals surface area (Å²) in [5, 5.41) is 10.2. The van der Waals surface area contributed by atoms with Crippen molar-refractivity contribution in [2.45, 2.75) is 32.5 Å². The normalized spacial score (nSPS) is 21.2. The first-order chi connectivity index (χ1) is 9.52. The van der Waals surface area contributed by atoms with Crippen LogP contribution in [0.15, 0.2) is 36.4 Å². The van der Waals surface area contributed by atoms with Gasteiger partial charge in [-0.3, -0.25) is 0 Å². The van der Waals surface area contributed by atoms with Gasteiger partial charge in [0.15, 0.2) is 0 Å². The van der Waals surface area contributed by atoms with Crippen molar-refractivity contribution in [2.24, 2.45) is 0 Å². The number of ether oxygens (including phenoxy) is 1. The molecule has 1 aliphatic heterocycles. The van der Waals surface area contributed by atoms with E-state index in [9.17, 15) is 9.50 Å². The summed E-state index contributed by atoms with van der Waals surface area (Å²) in [6.45, 7) is 4.06. The Balaban J connectivity index is 1.98. The molecule has 1 aliphatic rings. The fourth-order valence-electron chi connectivity index (χ4n) is 2.82. The SMILES string of the molecule is Cc1cc(C)cc(C2C[C@@H](O)c3ccc(F)cc3O2)c1. The fourth-order valence-corrected chi connectivity index (χ4v) is 2.82. The topological polar surface area (TPSA) is 29.5 Å². The molecule has 1 N–H and O–H groups in total. The highest BCUT2D eigenvalue weighted by Crippen LogP contribution is 2.41. The molecular weight excluding hydrogens is 255 g/mol. The van der Waals surface area contributed by atoms with E-state index in [1.165, 1.54) is 12.1 Å². The van der Waals surface area contributed by atoms with E-state index in [0.717, 1.165) is 16.7 Å². The highest BCUT2D eigenvalue weighted by Gasteiger charge is 2.28. The molecule has 20 heavy (non-hydrogen) atoms. The molecule has 0 spiro atoms. The van der Waals surface area contributed by atoms with Gasteiger partial charge >= 0.3 is 0 Å². The van der Waals surface area contributed by atoms with E-state index in [2.05, 4.69) is 18.2 Å². The Hall–Kier alpha value is -1.87. The Morgan fingerprint density at radius 2 is 1.80 bits per heavy atom. The quantitative estimate of drug-likeness (QED) is 0.850. The summed E-state index contributed by atoms with van der Waals surface area (Å²) < 4.78 is 19.2. The average molecular weight is 272 g/mol. The lowest BCUT2D eigenvalue weighted by molar-refractivity contribution is 0.0653. The summed E-state index contributed by atoms with van der Waals surface area (Å²) in [5.74, 6) is 0.0879. The van der Waals surface area contributed by atoms with Crippen LogP contribution in [0.3, 0.4) is 0 Å². The molecule has 0 fully saturated rings. The van der Waals surface area contributed by atoms with Gasteiger partial charge in [0.25, 0.3) is 0 Å². The van der Waals surface area contributed by atoms with Crippen LogP contribution in [0.4, 0.5) is 4.39 Å². The van der Waals surface area contributed by atoms with Crippen LogP contribution in [0.25, 0.3) is 0 Å². The molecule has 3 heteroatoms. The predicted molar refractivity (Wildman–Crippen MR) is 75.3 cm³/mol. The second kappa shape index (κ2) is 4.91. The standard InChI is InChI=1S/C17H17FO2/c1-10-5-11(2)7-12(6-10)16-9-15(19)14-4-3-13(18)8-17(14)20-16/h3-8,15-16,19H,9H2,1-2H3/t15-,16?/m1/s1. The van der Waals surface area contributed by atoms with Gasteiger partial charge in [-0.1, -0.05) is 29.3 Å². The highest BCUT2D eigenvalue weighted by atomic mass is 19.1. The maximum atomic E-state index is 13.3. The molecule has 2 nitrogen and oxygen atoms in total. The molecule has 3 rings (SSSR count). The number of hydrogen-bond acceptors (Lipinski definition) is 2. The first kappa shape index (κ1) is 13.1. The first-order valence-corrected chi connectivity index (χ1v) is 6.75. The number of rotatable bonds is 1. The Morgan fingerprint density at radius 3 is 2.50 bits per heavy atom. The molecule has 1 heterocycles. The number of aliphatic hydroxyl groups is 1. The lowest BCUT2D eigenvalue weighted by atomic mass is 9.93. The van der Waals surface area contributed by atoms with Crippen molar-refractivity contribution >= 4 is 0 Å². The van der Waals surface area contributed by atoms with Gasteiger partial charge in [0.1, 0.15) is 17.7 Å². The van der Waals surface area contributed by atoms with Gasteiger partial charge < -0.3 is 9.84 Å². The fraction of sp³-hybridized carbons (Fsp3) is 0.294. The van der Waals surface area contributed by atoms with Crippen LogP contribution in [0.2, 0.25) is 0 Å². The summed E-state index contributed by atoms with van der Waals surface area (Å²) in [4.78, 5) is 0. The lowest BCUT2D eigenvalue weighted by Crippen LogP contribution is -2.19. The van der Waals surface area contributed by atoms with Gasteiger partial charge in [-0.25, -0.2) is 4.39 Å². The van der Waals surface area contributed by atoms with Crippen LogP contribution in [0.5, 0.6) is 5.75 Å². The Labute approximate surface area is 117 Å². The number of aryl methyl sites for hydroxylation is 2. The molecule has 104 valence electrons. The zero-order chi connectivity index (χ0) is 14.3. The van der Waals surface area contributed by atoms with E-state index in [1.54, 1.807) is 6.07 Å². The molecular formula is C17H17FO2. The maximum absolute atomic E-state index is 13.3. The third-order valence-electron chi connectivity index (χ3n) is 3.66. The highest BCUT2D eigenvalue weighted by molar-refractivity contribution is 5.40. The molecule has 2 aromatic carbocycles. The summed E-state index contributed by atoms with van der Waals surface area (Å²) in [6.07, 6.45) is -0.371. The molecule has 0 saturated carbocycles. The number of fused-ring (bicyclic) bond motifs is 1. The number of aliphatic hydroxyl groups excluding tert-OH is 1. The molecule has 2 aromatic rings. The van der Waals surface area contributed by atoms with Gasteiger partial charge in [0.05, 0.1) is 6.10 Å². The van der Waals surface area contributed by atoms with Gasteiger partial charge in [0.2, 0.25) is 0 Å². The Bertz CT molecular complexity index is 631. The summed E-state index contributed by atoms with van der Waals surface area (Å²) in [7, 11) is 0. The van der Waals surface area contributed by atoms with E-state index < -0.39 is 6.10 Å². The van der Waals surface area contributed by atoms with Gasteiger partial charge in [-0.15, -0.1) is 0 Å². The molecule has 0 saturated heterocycles. The largest absolute Gasteiger partial charge is 0.485 e. The number of benzene rings is 2. The van der Waals surface area contributed by atoms with E-state index in [-0.39, 0.29) is 11.9 Å². The van der Waals surface area contributed by atoms with E-state index in [4.69, 9.17) is 4.74 Å². The monoisotopic (exact) mass is 272 g/mol. The summed E-state index contributed by atoms with van der Waals surface area (Å²) in [5.41, 5.74) is 4.00. The molecule has 0 aliphatic carbocycles. The summed E-state index contributed by atoms with van der Waals surface area (Å²) in [6, 6.07) is 10.5. The van der Waals surface area contributed by atoms with Crippen LogP contribution >= 0.6 is 0 Å². The van der Waals surface area contributed by atoms with Crippen LogP contribution < -0.4 is 4.74 Å². The molecule has 2 atom stereocenters. The molecule has 0 bridgehead atoms. The van der Waals surface area contributed by atoms with Crippen LogP contribution in [0.1, 0.15) is 40.9 Å². The van der Waals surface area contributed by atoms with Gasteiger partial charge in [-0.2, -0.15) is 0 Å². The smallest absolute Gasteiger partial charge is 0.128 e. The van der Waals surface area contributed by atoms with Crippen LogP contribution in [-0.2, 0) is 0 Å².